The Morgan fingerprint density at radius 3 is 1.84 bits per heavy atom. The van der Waals surface area contributed by atoms with Crippen LogP contribution in [-0.2, 0) is 85.4 Å². The molecular weight excluding hydrogens is 1480 g/mol. The van der Waals surface area contributed by atoms with Gasteiger partial charge in [0.1, 0.15) is 133 Å². The molecule has 38 heteroatoms. The normalized spacial score (nSPS) is 52.5. The fourth-order valence-corrected chi connectivity index (χ4v) is 20.7. The third-order valence-corrected chi connectivity index (χ3v) is 27.6. The summed E-state index contributed by atoms with van der Waals surface area (Å²) < 4.78 is 89.5. The van der Waals surface area contributed by atoms with Gasteiger partial charge in [-0.05, 0) is 117 Å². The predicted octanol–water partition coefficient (Wildman–Crippen LogP) is -5.20. The third kappa shape index (κ3) is 15.2. The van der Waals surface area contributed by atoms with Gasteiger partial charge in [-0.15, -0.1) is 0 Å². The van der Waals surface area contributed by atoms with Crippen molar-refractivity contribution in [2.45, 2.75) is 329 Å². The maximum absolute atomic E-state index is 16.0. The second kappa shape index (κ2) is 33.0. The lowest BCUT2D eigenvalue weighted by molar-refractivity contribution is -0.391. The fraction of sp³-hybridized carbons (Fsp3) is 0.918. The number of alkyl carbamates (subject to hydrolysis) is 1. The van der Waals surface area contributed by atoms with E-state index in [4.69, 9.17) is 71.1 Å². The predicted molar refractivity (Wildman–Crippen MR) is 365 cm³/mol. The Morgan fingerprint density at radius 2 is 1.19 bits per heavy atom. The van der Waals surface area contributed by atoms with Gasteiger partial charge in [0.05, 0.1) is 69.4 Å². The number of carbonyl (C=O) groups is 4. The first kappa shape index (κ1) is 86.8. The van der Waals surface area contributed by atoms with E-state index in [0.717, 1.165) is 11.9 Å². The summed E-state index contributed by atoms with van der Waals surface area (Å²) in [7, 11) is 0. The number of carboxylic acids is 1. The van der Waals surface area contributed by atoms with Crippen LogP contribution in [0.3, 0.4) is 0 Å². The molecule has 11 fully saturated rings. The van der Waals surface area contributed by atoms with E-state index in [1.165, 1.54) is 13.8 Å². The van der Waals surface area contributed by atoms with Gasteiger partial charge >= 0.3 is 18.0 Å². The van der Waals surface area contributed by atoms with E-state index >= 15 is 4.79 Å². The Labute approximate surface area is 639 Å². The van der Waals surface area contributed by atoms with Gasteiger partial charge in [-0.25, -0.2) is 9.59 Å². The topological polar surface area (TPSA) is 583 Å². The molecule has 0 aromatic rings. The maximum atomic E-state index is 16.0. The van der Waals surface area contributed by atoms with Crippen molar-refractivity contribution < 1.29 is 182 Å². The zero-order valence-corrected chi connectivity index (χ0v) is 63.5. The number of amides is 1. The molecule has 0 aromatic heterocycles. The molecule has 41 atom stereocenters. The molecule has 0 spiro atoms. The van der Waals surface area contributed by atoms with Gasteiger partial charge in [-0.2, -0.15) is 0 Å². The molecule has 20 unspecified atom stereocenters. The quantitative estimate of drug-likeness (QED) is 0.0221. The van der Waals surface area contributed by atoms with Crippen LogP contribution in [0.4, 0.5) is 4.79 Å². The number of allylic oxidation sites excluding steroid dienone is 2. The first-order valence-corrected chi connectivity index (χ1v) is 38.6. The number of ether oxygens (including phenoxy) is 15. The number of nitrogens with one attached hydrogen (secondary N) is 1. The molecule has 7 heterocycles. The van der Waals surface area contributed by atoms with Crippen LogP contribution in [0.15, 0.2) is 11.6 Å². The van der Waals surface area contributed by atoms with Gasteiger partial charge in [-0.1, -0.05) is 60.1 Å². The molecular formula is C73H115NO37. The molecule has 19 N–H and O–H groups in total. The van der Waals surface area contributed by atoms with E-state index < -0.39 is 291 Å². The third-order valence-electron chi connectivity index (χ3n) is 27.6. The SMILES string of the molecule is CCOC(=O)N[C@H]1C(CO)O[C@@H](OC(=O)[C@]23CCC(C)(C)CC2C2=CCC4C5(C)CC[C@H](O[C@@H]6OC(C(=O)O)[C@H](O)[C@H](O[C@@H]7OC[C@H](O)[C@H](O)C7O)C6O[C@@H]6OC(CO)[C@H](O)[C@H](O)C6O)[C@](C)(C=O)[C@@H]5CCC4(C)C2(C)CC3O)C(O[C@@H]2OC(C)[C@H](O[C@@H]3OC[C@H](O)C(O[C@H]4OC[C@@](O)(CC)C4O)C3O)C(O)C2O)C1O. The van der Waals surface area contributed by atoms with Crippen LogP contribution in [0.2, 0.25) is 0 Å². The summed E-state index contributed by atoms with van der Waals surface area (Å²) in [6.45, 7) is 13.3. The Morgan fingerprint density at radius 1 is 0.577 bits per heavy atom. The molecule has 0 aromatic carbocycles. The number of aldehydes is 1. The largest absolute Gasteiger partial charge is 0.479 e. The minimum atomic E-state index is -2.24. The van der Waals surface area contributed by atoms with Crippen molar-refractivity contribution >= 4 is 24.3 Å². The Balaban J connectivity index is 0.802. The molecule has 7 saturated heterocycles. The molecule has 111 heavy (non-hydrogen) atoms. The van der Waals surface area contributed by atoms with Gasteiger partial charge in [-0.3, -0.25) is 4.79 Å². The summed E-state index contributed by atoms with van der Waals surface area (Å²) in [6, 6.07) is -1.57. The molecule has 0 radical (unpaired) electrons. The highest BCUT2D eigenvalue weighted by Crippen LogP contribution is 2.76. The number of aliphatic carboxylic acids is 1. The average molecular weight is 1600 g/mol. The van der Waals surface area contributed by atoms with Gasteiger partial charge in [0, 0.05) is 0 Å². The van der Waals surface area contributed by atoms with Crippen LogP contribution in [-0.4, -0.2) is 358 Å². The summed E-state index contributed by atoms with van der Waals surface area (Å²) >= 11 is 0. The lowest BCUT2D eigenvalue weighted by Gasteiger charge is -2.71. The van der Waals surface area contributed by atoms with E-state index in [0.29, 0.717) is 38.5 Å². The van der Waals surface area contributed by atoms with Crippen molar-refractivity contribution in [3.05, 3.63) is 11.6 Å². The summed E-state index contributed by atoms with van der Waals surface area (Å²) in [5.41, 5.74) is -6.82. The van der Waals surface area contributed by atoms with Crippen molar-refractivity contribution in [3.8, 4) is 0 Å². The summed E-state index contributed by atoms with van der Waals surface area (Å²) in [5.74, 6) is -4.26. The summed E-state index contributed by atoms with van der Waals surface area (Å²) in [5, 5.41) is 204. The van der Waals surface area contributed by atoms with Crippen LogP contribution in [0.25, 0.3) is 0 Å². The molecule has 0 bridgehead atoms. The molecule has 1 amide bonds. The molecule has 5 aliphatic carbocycles. The molecule has 12 aliphatic rings. The minimum Gasteiger partial charge on any atom is -0.479 e. The van der Waals surface area contributed by atoms with E-state index in [-0.39, 0.29) is 44.8 Å². The number of aliphatic hydroxyl groups is 17. The van der Waals surface area contributed by atoms with Gasteiger partial charge in [0.2, 0.25) is 6.29 Å². The fourth-order valence-electron chi connectivity index (χ4n) is 20.7. The van der Waals surface area contributed by atoms with E-state index in [1.54, 1.807) is 13.8 Å². The van der Waals surface area contributed by atoms with Crippen molar-refractivity contribution in [2.75, 3.05) is 39.6 Å². The number of hydrogen-bond donors (Lipinski definition) is 19. The van der Waals surface area contributed by atoms with Crippen molar-refractivity contribution in [2.24, 2.45) is 50.2 Å². The number of carbonyl (C=O) groups excluding carboxylic acids is 3. The summed E-state index contributed by atoms with van der Waals surface area (Å²) in [4.78, 5) is 56.5. The number of esters is 1. The van der Waals surface area contributed by atoms with Crippen LogP contribution in [0, 0.1) is 50.2 Å². The standard InChI is InChI=1S/C73H115NO37/c1-10-72(96)27-100-64(56(72)91)106-51-32(79)25-99-59(49(51)90)105-50-28(3)101-60(47(88)44(50)85)109-54-42(83)39(74-66(95)97-11-2)33(22-75)102-62(54)111-65(94)73-19-18-67(4,5)20-30(73)29-12-13-36-68(6)16-15-38(69(7,26-77)35(68)14-17-70(36,8)71(29,9)21-37(73)80)104-63-55(110-61-46(87)43(84)41(82)34(23-76)103-61)52(48(89)53(108-63)57(92)93)107-58-45(86)40(81)31(78)24-98-58/h12,26,28,30-56,58-64,75-76,78-91,96H,10-11,13-25,27H2,1-9H3,(H,74,95)(H,92,93)/t28?,30?,31-,32-,33?,34?,35+,36?,37?,38-,39-,40-,41-,42?,43-,44?,45?,46?,47?,48+,49?,50-,51?,52-,53?,54?,55?,56?,58-,59-,60-,61-,62-,63+,64+,68?,69+,70?,71?,72-,73+/m0/s1. The highest BCUT2D eigenvalue weighted by Gasteiger charge is 2.73. The second-order valence-corrected chi connectivity index (χ2v) is 34.4. The van der Waals surface area contributed by atoms with Crippen molar-refractivity contribution in [1.82, 2.24) is 5.32 Å². The van der Waals surface area contributed by atoms with Crippen molar-refractivity contribution in [1.29, 1.82) is 0 Å². The second-order valence-electron chi connectivity index (χ2n) is 34.4. The lowest BCUT2D eigenvalue weighted by atomic mass is 9.33. The zero-order valence-electron chi connectivity index (χ0n) is 63.5. The Kier molecular flexibility index (Phi) is 25.8. The highest BCUT2D eigenvalue weighted by atomic mass is 16.8. The average Bonchev–Trinajstić information content (AvgIpc) is 1.62. The minimum absolute atomic E-state index is 0.00894. The first-order valence-electron chi connectivity index (χ1n) is 38.6. The number of rotatable bonds is 21. The Hall–Kier alpha value is -3.58. The van der Waals surface area contributed by atoms with Crippen LogP contribution >= 0.6 is 0 Å². The molecule has 4 saturated carbocycles. The van der Waals surface area contributed by atoms with Gasteiger partial charge < -0.3 is 173 Å². The first-order chi connectivity index (χ1) is 52.2. The molecule has 7 aliphatic heterocycles. The van der Waals surface area contributed by atoms with E-state index in [1.807, 2.05) is 13.8 Å². The monoisotopic (exact) mass is 1600 g/mol. The maximum Gasteiger partial charge on any atom is 0.407 e. The zero-order chi connectivity index (χ0) is 81.1. The van der Waals surface area contributed by atoms with E-state index in [2.05, 4.69) is 32.2 Å². The molecule has 634 valence electrons. The highest BCUT2D eigenvalue weighted by molar-refractivity contribution is 5.80. The van der Waals surface area contributed by atoms with E-state index in [9.17, 15) is 106 Å². The number of hydrogen-bond acceptors (Lipinski definition) is 36. The smallest absolute Gasteiger partial charge is 0.407 e. The van der Waals surface area contributed by atoms with Crippen LogP contribution < -0.4 is 5.32 Å². The van der Waals surface area contributed by atoms with Crippen LogP contribution in [0.1, 0.15) is 127 Å². The molecule has 38 nitrogen and oxygen atoms in total. The Bertz CT molecular complexity index is 3290. The molecule has 12 rings (SSSR count). The number of carboxylic acid groups (broad SMARTS) is 1. The number of fused-ring (bicyclic) bond motifs is 7. The number of aliphatic hydroxyl groups excluding tert-OH is 16. The van der Waals surface area contributed by atoms with Gasteiger partial charge in [0.25, 0.3) is 0 Å². The van der Waals surface area contributed by atoms with Crippen molar-refractivity contribution in [3.63, 3.8) is 0 Å². The van der Waals surface area contributed by atoms with Crippen LogP contribution in [0.5, 0.6) is 0 Å². The lowest BCUT2D eigenvalue weighted by Crippen LogP contribution is -2.70. The summed E-state index contributed by atoms with van der Waals surface area (Å²) in [6.07, 6.45) is -51.6. The van der Waals surface area contributed by atoms with Gasteiger partial charge in [0.15, 0.2) is 49.9 Å².